The molecule has 3 rings (SSSR count). The van der Waals surface area contributed by atoms with Crippen molar-refractivity contribution in [3.63, 3.8) is 0 Å². The van der Waals surface area contributed by atoms with Crippen molar-refractivity contribution >= 4 is 0 Å². The molecule has 2 aromatic carbocycles. The Bertz CT molecular complexity index is 715. The minimum absolute atomic E-state index is 0.878. The van der Waals surface area contributed by atoms with Gasteiger partial charge in [-0.15, -0.1) is 0 Å². The minimum atomic E-state index is 0.878. The van der Waals surface area contributed by atoms with Crippen molar-refractivity contribution in [2.45, 2.75) is 13.3 Å². The summed E-state index contributed by atoms with van der Waals surface area (Å²) in [4.78, 5) is 0. The van der Waals surface area contributed by atoms with E-state index in [0.717, 1.165) is 23.6 Å². The summed E-state index contributed by atoms with van der Waals surface area (Å²) in [6, 6.07) is 18.4. The van der Waals surface area contributed by atoms with Crippen molar-refractivity contribution in [2.24, 2.45) is 0 Å². The Morgan fingerprint density at radius 3 is 2.38 bits per heavy atom. The highest BCUT2D eigenvalue weighted by Crippen LogP contribution is 2.18. The molecular formula is C18H18N2O. The number of aromatic nitrogens is 2. The largest absolute Gasteiger partial charge is 0.497 e. The van der Waals surface area contributed by atoms with Gasteiger partial charge in [-0.25, -0.2) is 4.68 Å². The van der Waals surface area contributed by atoms with Gasteiger partial charge >= 0.3 is 0 Å². The first-order valence-corrected chi connectivity index (χ1v) is 7.00. The lowest BCUT2D eigenvalue weighted by Crippen LogP contribution is -1.93. The number of para-hydroxylation sites is 1. The SMILES string of the molecule is COc1ccc(Cc2cn(-c3ccccc3)nc2C)cc1. The third kappa shape index (κ3) is 2.97. The van der Waals surface area contributed by atoms with Gasteiger partial charge < -0.3 is 4.74 Å². The Morgan fingerprint density at radius 2 is 1.71 bits per heavy atom. The smallest absolute Gasteiger partial charge is 0.118 e. The molecule has 0 unspecified atom stereocenters. The van der Waals surface area contributed by atoms with Crippen molar-refractivity contribution in [1.29, 1.82) is 0 Å². The summed E-state index contributed by atoms with van der Waals surface area (Å²) in [5.41, 5.74) is 4.65. The van der Waals surface area contributed by atoms with E-state index < -0.39 is 0 Å². The first-order valence-electron chi connectivity index (χ1n) is 7.00. The van der Waals surface area contributed by atoms with Crippen molar-refractivity contribution in [3.8, 4) is 11.4 Å². The lowest BCUT2D eigenvalue weighted by molar-refractivity contribution is 0.414. The van der Waals surface area contributed by atoms with Gasteiger partial charge in [-0.05, 0) is 42.3 Å². The third-order valence-corrected chi connectivity index (χ3v) is 3.57. The molecule has 3 heteroatoms. The van der Waals surface area contributed by atoms with Crippen LogP contribution in [0.2, 0.25) is 0 Å². The highest BCUT2D eigenvalue weighted by Gasteiger charge is 2.07. The summed E-state index contributed by atoms with van der Waals surface area (Å²) in [6.45, 7) is 2.05. The number of benzene rings is 2. The molecule has 0 spiro atoms. The average Bonchev–Trinajstić information content (AvgIpc) is 2.90. The van der Waals surface area contributed by atoms with Crippen LogP contribution in [0.4, 0.5) is 0 Å². The maximum absolute atomic E-state index is 5.19. The fourth-order valence-corrected chi connectivity index (χ4v) is 2.35. The zero-order valence-corrected chi connectivity index (χ0v) is 12.3. The van der Waals surface area contributed by atoms with Gasteiger partial charge in [0, 0.05) is 12.6 Å². The summed E-state index contributed by atoms with van der Waals surface area (Å²) in [5, 5.41) is 4.60. The van der Waals surface area contributed by atoms with Gasteiger partial charge in [-0.1, -0.05) is 30.3 Å². The lowest BCUT2D eigenvalue weighted by Gasteiger charge is -2.02. The second kappa shape index (κ2) is 5.83. The standard InChI is InChI=1S/C18H18N2O/c1-14-16(12-15-8-10-18(21-2)11-9-15)13-20(19-14)17-6-4-3-5-7-17/h3-11,13H,12H2,1-2H3. The molecule has 1 aromatic heterocycles. The van der Waals surface area contributed by atoms with Gasteiger partial charge in [-0.3, -0.25) is 0 Å². The molecule has 106 valence electrons. The number of nitrogens with zero attached hydrogens (tertiary/aromatic N) is 2. The Labute approximate surface area is 124 Å². The highest BCUT2D eigenvalue weighted by molar-refractivity contribution is 5.35. The van der Waals surface area contributed by atoms with Crippen LogP contribution >= 0.6 is 0 Å². The van der Waals surface area contributed by atoms with E-state index in [9.17, 15) is 0 Å². The second-order valence-electron chi connectivity index (χ2n) is 5.04. The Hall–Kier alpha value is -2.55. The summed E-state index contributed by atoms with van der Waals surface area (Å²) in [6.07, 6.45) is 2.98. The average molecular weight is 278 g/mol. The molecule has 0 amide bonds. The van der Waals surface area contributed by atoms with Crippen molar-refractivity contribution in [3.05, 3.63) is 77.6 Å². The molecular weight excluding hydrogens is 260 g/mol. The molecule has 21 heavy (non-hydrogen) atoms. The molecule has 1 heterocycles. The van der Waals surface area contributed by atoms with E-state index in [-0.39, 0.29) is 0 Å². The first-order chi connectivity index (χ1) is 10.3. The number of hydrogen-bond donors (Lipinski definition) is 0. The van der Waals surface area contributed by atoms with Crippen LogP contribution in [0.3, 0.4) is 0 Å². The van der Waals surface area contributed by atoms with Gasteiger partial charge in [0.25, 0.3) is 0 Å². The topological polar surface area (TPSA) is 27.1 Å². The van der Waals surface area contributed by atoms with Crippen LogP contribution < -0.4 is 4.74 Å². The molecule has 0 radical (unpaired) electrons. The van der Waals surface area contributed by atoms with Crippen LogP contribution in [0.1, 0.15) is 16.8 Å². The Morgan fingerprint density at radius 1 is 1.00 bits per heavy atom. The van der Waals surface area contributed by atoms with Gasteiger partial charge in [0.05, 0.1) is 18.5 Å². The molecule has 0 aliphatic carbocycles. The summed E-state index contributed by atoms with van der Waals surface area (Å²) >= 11 is 0. The molecule has 0 bridgehead atoms. The van der Waals surface area contributed by atoms with Crippen molar-refractivity contribution < 1.29 is 4.74 Å². The van der Waals surface area contributed by atoms with E-state index in [1.165, 1.54) is 11.1 Å². The highest BCUT2D eigenvalue weighted by atomic mass is 16.5. The van der Waals surface area contributed by atoms with E-state index >= 15 is 0 Å². The van der Waals surface area contributed by atoms with Crippen LogP contribution in [0, 0.1) is 6.92 Å². The molecule has 0 aliphatic heterocycles. The first kappa shape index (κ1) is 13.4. The summed E-state index contributed by atoms with van der Waals surface area (Å²) in [5.74, 6) is 0.885. The van der Waals surface area contributed by atoms with Crippen LogP contribution in [0.5, 0.6) is 5.75 Å². The fraction of sp³-hybridized carbons (Fsp3) is 0.167. The molecule has 3 aromatic rings. The fourth-order valence-electron chi connectivity index (χ4n) is 2.35. The van der Waals surface area contributed by atoms with Crippen LogP contribution in [0.15, 0.2) is 60.8 Å². The van der Waals surface area contributed by atoms with Crippen LogP contribution in [0.25, 0.3) is 5.69 Å². The lowest BCUT2D eigenvalue weighted by atomic mass is 10.1. The summed E-state index contributed by atoms with van der Waals surface area (Å²) < 4.78 is 7.13. The van der Waals surface area contributed by atoms with Crippen LogP contribution in [-0.2, 0) is 6.42 Å². The van der Waals surface area contributed by atoms with Crippen LogP contribution in [-0.4, -0.2) is 16.9 Å². The molecule has 0 atom stereocenters. The predicted molar refractivity (Wildman–Crippen MR) is 84.1 cm³/mol. The van der Waals surface area contributed by atoms with Gasteiger partial charge in [-0.2, -0.15) is 5.10 Å². The molecule has 0 aliphatic rings. The van der Waals surface area contributed by atoms with E-state index in [4.69, 9.17) is 4.74 Å². The molecule has 0 saturated carbocycles. The van der Waals surface area contributed by atoms with Gasteiger partial charge in [0.1, 0.15) is 5.75 Å². The number of ether oxygens (including phenoxy) is 1. The van der Waals surface area contributed by atoms with Gasteiger partial charge in [0.2, 0.25) is 0 Å². The van der Waals surface area contributed by atoms with E-state index in [1.54, 1.807) is 7.11 Å². The number of aryl methyl sites for hydroxylation is 1. The molecule has 3 nitrogen and oxygen atoms in total. The van der Waals surface area contributed by atoms with Gasteiger partial charge in [0.15, 0.2) is 0 Å². The minimum Gasteiger partial charge on any atom is -0.497 e. The normalized spacial score (nSPS) is 10.6. The Balaban J connectivity index is 1.84. The van der Waals surface area contributed by atoms with Crippen molar-refractivity contribution in [2.75, 3.05) is 7.11 Å². The Kier molecular flexibility index (Phi) is 3.73. The van der Waals surface area contributed by atoms with E-state index in [1.807, 2.05) is 35.0 Å². The molecule has 0 fully saturated rings. The van der Waals surface area contributed by atoms with E-state index in [0.29, 0.717) is 0 Å². The number of methoxy groups -OCH3 is 1. The third-order valence-electron chi connectivity index (χ3n) is 3.57. The zero-order chi connectivity index (χ0) is 14.7. The summed E-state index contributed by atoms with van der Waals surface area (Å²) in [7, 11) is 1.68. The maximum atomic E-state index is 5.19. The monoisotopic (exact) mass is 278 g/mol. The molecule has 0 N–H and O–H groups in total. The zero-order valence-electron chi connectivity index (χ0n) is 12.3. The number of rotatable bonds is 4. The van der Waals surface area contributed by atoms with E-state index in [2.05, 4.69) is 42.5 Å². The number of hydrogen-bond acceptors (Lipinski definition) is 2. The second-order valence-corrected chi connectivity index (χ2v) is 5.04. The quantitative estimate of drug-likeness (QED) is 0.726. The maximum Gasteiger partial charge on any atom is 0.118 e. The molecule has 0 saturated heterocycles. The van der Waals surface area contributed by atoms with Crippen molar-refractivity contribution in [1.82, 2.24) is 9.78 Å². The predicted octanol–water partition coefficient (Wildman–Crippen LogP) is 3.78.